The first-order chi connectivity index (χ1) is 11.3. The number of halogens is 6. The van der Waals surface area contributed by atoms with Crippen LogP contribution < -0.4 is 9.14 Å². The Morgan fingerprint density at radius 3 is 2.12 bits per heavy atom. The predicted molar refractivity (Wildman–Crippen MR) is 85.2 cm³/mol. The molecule has 0 N–H and O–H groups in total. The zero-order valence-electron chi connectivity index (χ0n) is 12.9. The number of rotatable bonds is 2. The van der Waals surface area contributed by atoms with E-state index < -0.39 is 7.81 Å². The topological polar surface area (TPSA) is 13.3 Å². The third-order valence-corrected chi connectivity index (χ3v) is 3.04. The van der Waals surface area contributed by atoms with Gasteiger partial charge in [0.15, 0.2) is 12.4 Å². The van der Waals surface area contributed by atoms with Crippen molar-refractivity contribution >= 4 is 13.3 Å². The van der Waals surface area contributed by atoms with Crippen LogP contribution >= 0.6 is 7.81 Å². The molecule has 2 aromatic heterocycles. The van der Waals surface area contributed by atoms with Gasteiger partial charge in [-0.25, -0.2) is 0 Å². The van der Waals surface area contributed by atoms with Gasteiger partial charge in [-0.1, -0.05) is 12.1 Å². The Morgan fingerprint density at radius 2 is 1.48 bits per heavy atom. The summed E-state index contributed by atoms with van der Waals surface area (Å²) in [4.78, 5) is 0. The van der Waals surface area contributed by atoms with Gasteiger partial charge in [0.05, 0.1) is 7.11 Å². The van der Waals surface area contributed by atoms with Crippen LogP contribution in [0.4, 0.5) is 25.2 Å². The number of methoxy groups -OCH3 is 1. The molecule has 136 valence electrons. The molecular formula is C16H14F6NOP. The predicted octanol–water partition coefficient (Wildman–Crippen LogP) is 6.48. The first-order valence-electron chi connectivity index (χ1n) is 6.93. The Balaban J connectivity index is 0.000000277. The Bertz CT molecular complexity index is 885. The molecular weight excluding hydrogens is 367 g/mol. The van der Waals surface area contributed by atoms with Gasteiger partial charge in [-0.05, 0) is 29.8 Å². The summed E-state index contributed by atoms with van der Waals surface area (Å²) in [6.07, 6.45) is 4.18. The average Bonchev–Trinajstić information content (AvgIpc) is 2.51. The summed E-state index contributed by atoms with van der Waals surface area (Å²) < 4.78 is 66.6. The monoisotopic (exact) mass is 381 g/mol. The molecule has 0 saturated carbocycles. The van der Waals surface area contributed by atoms with E-state index in [1.54, 1.807) is 7.11 Å². The van der Waals surface area contributed by atoms with Crippen molar-refractivity contribution in [2.45, 2.75) is 0 Å². The van der Waals surface area contributed by atoms with E-state index in [4.69, 9.17) is 4.74 Å². The molecule has 0 aliphatic rings. The molecule has 0 atom stereocenters. The molecule has 1 aromatic carbocycles. The van der Waals surface area contributed by atoms with Gasteiger partial charge < -0.3 is 4.74 Å². The van der Waals surface area contributed by atoms with Crippen LogP contribution in [0.5, 0.6) is 5.75 Å². The van der Waals surface area contributed by atoms with Crippen molar-refractivity contribution in [1.29, 1.82) is 0 Å². The molecule has 0 unspecified atom stereocenters. The van der Waals surface area contributed by atoms with Crippen molar-refractivity contribution in [1.82, 2.24) is 0 Å². The summed E-state index contributed by atoms with van der Waals surface area (Å²) in [5.41, 5.74) is 3.52. The van der Waals surface area contributed by atoms with E-state index in [1.807, 2.05) is 30.3 Å². The number of hydrogen-bond acceptors (Lipinski definition) is 1. The van der Waals surface area contributed by atoms with Crippen LogP contribution in [-0.2, 0) is 0 Å². The number of fused-ring (bicyclic) bond motifs is 1. The quantitative estimate of drug-likeness (QED) is 0.281. The normalized spacial score (nSPS) is 14.0. The summed E-state index contributed by atoms with van der Waals surface area (Å²) in [6, 6.07) is 18.5. The fourth-order valence-corrected chi connectivity index (χ4v) is 2.07. The van der Waals surface area contributed by atoms with Crippen molar-refractivity contribution in [3.63, 3.8) is 0 Å². The summed E-state index contributed by atoms with van der Waals surface area (Å²) in [7, 11) is -8.97. The molecule has 25 heavy (non-hydrogen) atoms. The van der Waals surface area contributed by atoms with Crippen LogP contribution in [0.25, 0.3) is 16.6 Å². The van der Waals surface area contributed by atoms with Gasteiger partial charge in [-0.15, -0.1) is 0 Å². The zero-order chi connectivity index (χ0) is 18.8. The molecule has 2 nitrogen and oxygen atoms in total. The van der Waals surface area contributed by atoms with Crippen LogP contribution in [0.1, 0.15) is 0 Å². The first-order valence-corrected chi connectivity index (χ1v) is 8.95. The van der Waals surface area contributed by atoms with Gasteiger partial charge in [0.25, 0.3) is 0 Å². The van der Waals surface area contributed by atoms with Crippen LogP contribution in [-0.4, -0.2) is 7.11 Å². The molecule has 3 aromatic rings. The minimum absolute atomic E-state index is 0.880. The first kappa shape index (κ1) is 19.0. The fraction of sp³-hybridized carbons (Fsp3) is 0.0625. The van der Waals surface area contributed by atoms with Crippen molar-refractivity contribution in [3.05, 3.63) is 67.0 Å². The maximum absolute atomic E-state index is 10.7. The van der Waals surface area contributed by atoms with Gasteiger partial charge in [0.2, 0.25) is 5.52 Å². The second kappa shape index (κ2) is 5.88. The number of ether oxygens (including phenoxy) is 1. The third kappa shape index (κ3) is 7.39. The van der Waals surface area contributed by atoms with Crippen LogP contribution in [0.3, 0.4) is 0 Å². The molecule has 0 spiro atoms. The van der Waals surface area contributed by atoms with Crippen LogP contribution in [0.2, 0.25) is 0 Å². The number of hydrogen-bond donors (Lipinski definition) is 0. The van der Waals surface area contributed by atoms with E-state index in [9.17, 15) is 25.2 Å². The van der Waals surface area contributed by atoms with E-state index in [1.165, 1.54) is 11.1 Å². The van der Waals surface area contributed by atoms with E-state index >= 15 is 0 Å². The Kier molecular flexibility index (Phi) is 4.46. The van der Waals surface area contributed by atoms with Gasteiger partial charge in [0.1, 0.15) is 5.75 Å². The van der Waals surface area contributed by atoms with Gasteiger partial charge in [0, 0.05) is 23.8 Å². The third-order valence-electron chi connectivity index (χ3n) is 3.04. The van der Waals surface area contributed by atoms with Crippen molar-refractivity contribution in [3.8, 4) is 16.9 Å². The number of nitrogens with zero attached hydrogens (tertiary/aromatic N) is 1. The second-order valence-corrected chi connectivity index (χ2v) is 7.06. The van der Waals surface area contributed by atoms with Gasteiger partial charge in [-0.3, -0.25) is 0 Å². The summed E-state index contributed by atoms with van der Waals surface area (Å²) >= 11 is 0. The summed E-state index contributed by atoms with van der Waals surface area (Å²) in [5.74, 6) is 0.880. The Morgan fingerprint density at radius 1 is 0.800 bits per heavy atom. The molecule has 0 fully saturated rings. The maximum atomic E-state index is 9.87. The minimum atomic E-state index is -10.7. The Hall–Kier alpha value is -2.34. The summed E-state index contributed by atoms with van der Waals surface area (Å²) in [5, 5.41) is 0. The standard InChI is InChI=1S/C16H14NO.F6P/c1-18-16-7-4-5-13(11-16)14-8-9-15-6-2-3-10-17(15)12-14;1-7(2,3,4,5)6/h2-12H,1H3;/q+1;-1. The number of aromatic nitrogens is 1. The average molecular weight is 381 g/mol. The second-order valence-electron chi connectivity index (χ2n) is 5.14. The van der Waals surface area contributed by atoms with Crippen LogP contribution in [0, 0.1) is 0 Å². The van der Waals surface area contributed by atoms with E-state index in [-0.39, 0.29) is 0 Å². The Labute approximate surface area is 139 Å². The molecule has 0 aliphatic heterocycles. The number of benzene rings is 1. The molecule has 3 rings (SSSR count). The van der Waals surface area contributed by atoms with E-state index in [2.05, 4.69) is 41.1 Å². The summed E-state index contributed by atoms with van der Waals surface area (Å²) in [6.45, 7) is 0. The molecule has 9 heteroatoms. The van der Waals surface area contributed by atoms with Crippen molar-refractivity contribution in [2.75, 3.05) is 7.11 Å². The molecule has 0 bridgehead atoms. The molecule has 0 amide bonds. The molecule has 0 saturated heterocycles. The number of pyridine rings is 2. The van der Waals surface area contributed by atoms with E-state index in [0.717, 1.165) is 11.3 Å². The van der Waals surface area contributed by atoms with Crippen molar-refractivity contribution in [2.24, 2.45) is 0 Å². The van der Waals surface area contributed by atoms with Gasteiger partial charge >= 0.3 is 33.0 Å². The zero-order valence-corrected chi connectivity index (χ0v) is 13.8. The molecule has 0 radical (unpaired) electrons. The fourth-order valence-electron chi connectivity index (χ4n) is 2.07. The SMILES string of the molecule is COc1cccc(-c2ccc3cccc[n+]3c2)c1.F[P-](F)(F)(F)(F)F. The van der Waals surface area contributed by atoms with Crippen LogP contribution in [0.15, 0.2) is 67.0 Å². The molecule has 0 aliphatic carbocycles. The molecule has 2 heterocycles. The van der Waals surface area contributed by atoms with Crippen molar-refractivity contribution < 1.29 is 34.3 Å². The van der Waals surface area contributed by atoms with E-state index in [0.29, 0.717) is 0 Å². The van der Waals surface area contributed by atoms with Gasteiger partial charge in [-0.2, -0.15) is 4.40 Å².